The van der Waals surface area contributed by atoms with Crippen LogP contribution in [0.25, 0.3) is 0 Å². The highest BCUT2D eigenvalue weighted by Gasteiger charge is 2.34. The summed E-state index contributed by atoms with van der Waals surface area (Å²) in [6.07, 6.45) is 0. The van der Waals surface area contributed by atoms with E-state index >= 15 is 0 Å². The Morgan fingerprint density at radius 1 is 0.857 bits per heavy atom. The van der Waals surface area contributed by atoms with Gasteiger partial charge in [0.1, 0.15) is 12.4 Å². The standard InChI is InChI=1S/C18H19NO9/c1-24-15(20)10-5-6-11(16(21)25-2)13(7-10)19-9-28-8-12(17(22)26-3)14(19)18(23)27-4/h5-7H,8-9H2,1-4H3. The Morgan fingerprint density at radius 2 is 1.46 bits per heavy atom. The molecule has 0 unspecified atom stereocenters. The van der Waals surface area contributed by atoms with Crippen LogP contribution in [-0.2, 0) is 33.3 Å². The number of nitrogens with zero attached hydrogens (tertiary/aromatic N) is 1. The maximum atomic E-state index is 12.4. The van der Waals surface area contributed by atoms with Gasteiger partial charge in [-0.3, -0.25) is 0 Å². The third kappa shape index (κ3) is 3.96. The fourth-order valence-corrected chi connectivity index (χ4v) is 2.62. The number of methoxy groups -OCH3 is 4. The summed E-state index contributed by atoms with van der Waals surface area (Å²) >= 11 is 0. The molecule has 0 N–H and O–H groups in total. The van der Waals surface area contributed by atoms with Gasteiger partial charge in [0.25, 0.3) is 0 Å². The van der Waals surface area contributed by atoms with Crippen LogP contribution >= 0.6 is 0 Å². The normalized spacial score (nSPS) is 13.6. The SMILES string of the molecule is COC(=O)C1=C(C(=O)OC)N(c2cc(C(=O)OC)ccc2C(=O)OC)COC1. The molecule has 1 aromatic rings. The fourth-order valence-electron chi connectivity index (χ4n) is 2.62. The lowest BCUT2D eigenvalue weighted by Gasteiger charge is -2.32. The second-order valence-corrected chi connectivity index (χ2v) is 5.43. The lowest BCUT2D eigenvalue weighted by molar-refractivity contribution is -0.140. The highest BCUT2D eigenvalue weighted by atomic mass is 16.5. The number of rotatable bonds is 5. The first-order valence-electron chi connectivity index (χ1n) is 7.95. The van der Waals surface area contributed by atoms with E-state index in [9.17, 15) is 19.2 Å². The van der Waals surface area contributed by atoms with Crippen LogP contribution in [0.3, 0.4) is 0 Å². The summed E-state index contributed by atoms with van der Waals surface area (Å²) in [5.41, 5.74) is -0.0326. The summed E-state index contributed by atoms with van der Waals surface area (Å²) < 4.78 is 24.3. The highest BCUT2D eigenvalue weighted by Crippen LogP contribution is 2.31. The maximum absolute atomic E-state index is 12.4. The van der Waals surface area contributed by atoms with Crippen LogP contribution in [0.5, 0.6) is 0 Å². The Labute approximate surface area is 160 Å². The zero-order valence-corrected chi connectivity index (χ0v) is 15.8. The number of benzene rings is 1. The van der Waals surface area contributed by atoms with Gasteiger partial charge in [-0.05, 0) is 18.2 Å². The van der Waals surface area contributed by atoms with Gasteiger partial charge in [0.15, 0.2) is 0 Å². The van der Waals surface area contributed by atoms with Crippen molar-refractivity contribution in [1.82, 2.24) is 0 Å². The Morgan fingerprint density at radius 3 is 2.04 bits per heavy atom. The van der Waals surface area contributed by atoms with E-state index < -0.39 is 23.9 Å². The number of carbonyl (C=O) groups excluding carboxylic acids is 4. The van der Waals surface area contributed by atoms with Crippen molar-refractivity contribution in [2.75, 3.05) is 46.7 Å². The Bertz CT molecular complexity index is 843. The second-order valence-electron chi connectivity index (χ2n) is 5.43. The number of hydrogen-bond acceptors (Lipinski definition) is 10. The summed E-state index contributed by atoms with van der Waals surface area (Å²) in [7, 11) is 4.68. The minimum atomic E-state index is -0.844. The lowest BCUT2D eigenvalue weighted by atomic mass is 10.1. The van der Waals surface area contributed by atoms with Crippen molar-refractivity contribution in [1.29, 1.82) is 0 Å². The largest absolute Gasteiger partial charge is 0.466 e. The van der Waals surface area contributed by atoms with Crippen molar-refractivity contribution in [2.45, 2.75) is 0 Å². The van der Waals surface area contributed by atoms with E-state index in [1.54, 1.807) is 0 Å². The molecule has 0 aliphatic carbocycles. The van der Waals surface area contributed by atoms with Crippen LogP contribution in [0.15, 0.2) is 29.5 Å². The summed E-state index contributed by atoms with van der Waals surface area (Å²) in [5.74, 6) is -3.02. The highest BCUT2D eigenvalue weighted by molar-refractivity contribution is 6.06. The molecule has 0 bridgehead atoms. The first-order chi connectivity index (χ1) is 13.4. The van der Waals surface area contributed by atoms with Crippen LogP contribution in [0.1, 0.15) is 20.7 Å². The van der Waals surface area contributed by atoms with E-state index in [4.69, 9.17) is 23.7 Å². The third-order valence-corrected chi connectivity index (χ3v) is 3.95. The molecule has 0 atom stereocenters. The predicted molar refractivity (Wildman–Crippen MR) is 93.5 cm³/mol. The number of hydrogen-bond donors (Lipinski definition) is 0. The molecule has 1 aromatic carbocycles. The molecular weight excluding hydrogens is 374 g/mol. The summed E-state index contributed by atoms with van der Waals surface area (Å²) in [6, 6.07) is 4.04. The van der Waals surface area contributed by atoms with Crippen LogP contribution < -0.4 is 4.90 Å². The van der Waals surface area contributed by atoms with Gasteiger partial charge in [0.2, 0.25) is 0 Å². The topological polar surface area (TPSA) is 118 Å². The molecule has 150 valence electrons. The van der Waals surface area contributed by atoms with Crippen molar-refractivity contribution in [3.05, 3.63) is 40.6 Å². The third-order valence-electron chi connectivity index (χ3n) is 3.95. The minimum absolute atomic E-state index is 0.0336. The summed E-state index contributed by atoms with van der Waals surface area (Å²) in [6.45, 7) is -0.391. The molecule has 0 saturated heterocycles. The second kappa shape index (κ2) is 9.00. The van der Waals surface area contributed by atoms with Gasteiger partial charge >= 0.3 is 23.9 Å². The van der Waals surface area contributed by atoms with E-state index in [0.29, 0.717) is 0 Å². The Balaban J connectivity index is 2.74. The van der Waals surface area contributed by atoms with Gasteiger partial charge in [0.05, 0.1) is 57.4 Å². The number of carbonyl (C=O) groups is 4. The van der Waals surface area contributed by atoms with E-state index in [-0.39, 0.29) is 41.4 Å². The molecule has 0 radical (unpaired) electrons. The van der Waals surface area contributed by atoms with Crippen LogP contribution in [-0.4, -0.2) is 65.7 Å². The quantitative estimate of drug-likeness (QED) is 0.521. The number of anilines is 1. The molecule has 28 heavy (non-hydrogen) atoms. The molecule has 2 rings (SSSR count). The average molecular weight is 393 g/mol. The smallest absolute Gasteiger partial charge is 0.355 e. The van der Waals surface area contributed by atoms with Crippen molar-refractivity contribution < 1.29 is 42.9 Å². The Kier molecular flexibility index (Phi) is 6.72. The van der Waals surface area contributed by atoms with E-state index in [1.165, 1.54) is 37.3 Å². The van der Waals surface area contributed by atoms with Gasteiger partial charge in [-0.1, -0.05) is 0 Å². The van der Waals surface area contributed by atoms with Crippen molar-refractivity contribution in [3.8, 4) is 0 Å². The molecule has 1 heterocycles. The molecule has 0 spiro atoms. The monoisotopic (exact) mass is 393 g/mol. The van der Waals surface area contributed by atoms with E-state index in [1.807, 2.05) is 0 Å². The van der Waals surface area contributed by atoms with Crippen molar-refractivity contribution >= 4 is 29.6 Å². The Hall–Kier alpha value is -3.40. The van der Waals surface area contributed by atoms with Crippen LogP contribution in [0, 0.1) is 0 Å². The molecule has 10 nitrogen and oxygen atoms in total. The summed E-state index contributed by atoms with van der Waals surface area (Å²) in [5, 5.41) is 0. The molecular formula is C18H19NO9. The molecule has 0 saturated carbocycles. The van der Waals surface area contributed by atoms with Gasteiger partial charge in [-0.15, -0.1) is 0 Å². The molecule has 10 heteroatoms. The maximum Gasteiger partial charge on any atom is 0.355 e. The molecule has 1 aliphatic heterocycles. The van der Waals surface area contributed by atoms with Crippen molar-refractivity contribution in [3.63, 3.8) is 0 Å². The van der Waals surface area contributed by atoms with Gasteiger partial charge in [0, 0.05) is 0 Å². The predicted octanol–water partition coefficient (Wildman–Crippen LogP) is 0.654. The summed E-state index contributed by atoms with van der Waals surface area (Å²) in [4.78, 5) is 49.9. The van der Waals surface area contributed by atoms with E-state index in [0.717, 1.165) is 14.2 Å². The number of esters is 4. The number of ether oxygens (including phenoxy) is 5. The van der Waals surface area contributed by atoms with Crippen LogP contribution in [0.2, 0.25) is 0 Å². The van der Waals surface area contributed by atoms with Crippen molar-refractivity contribution in [2.24, 2.45) is 0 Å². The molecule has 0 amide bonds. The zero-order chi connectivity index (χ0) is 20.8. The molecule has 1 aliphatic rings. The van der Waals surface area contributed by atoms with Gasteiger partial charge in [-0.2, -0.15) is 0 Å². The first kappa shape index (κ1) is 20.9. The minimum Gasteiger partial charge on any atom is -0.466 e. The fraction of sp³-hybridized carbons (Fsp3) is 0.333. The average Bonchev–Trinajstić information content (AvgIpc) is 2.75. The van der Waals surface area contributed by atoms with Gasteiger partial charge < -0.3 is 28.6 Å². The van der Waals surface area contributed by atoms with Gasteiger partial charge in [-0.25, -0.2) is 19.2 Å². The van der Waals surface area contributed by atoms with E-state index in [2.05, 4.69) is 0 Å². The first-order valence-corrected chi connectivity index (χ1v) is 7.95. The van der Waals surface area contributed by atoms with Crippen LogP contribution in [0.4, 0.5) is 5.69 Å². The zero-order valence-electron chi connectivity index (χ0n) is 15.8. The molecule has 0 aromatic heterocycles. The molecule has 0 fully saturated rings. The lowest BCUT2D eigenvalue weighted by Crippen LogP contribution is -2.39.